The Balaban J connectivity index is 0.000000143. The van der Waals surface area contributed by atoms with Crippen LogP contribution < -0.4 is 0 Å². The summed E-state index contributed by atoms with van der Waals surface area (Å²) in [6, 6.07) is 4.48. The zero-order valence-corrected chi connectivity index (χ0v) is 40.6. The van der Waals surface area contributed by atoms with Crippen LogP contribution in [0.25, 0.3) is 0 Å². The third-order valence-electron chi connectivity index (χ3n) is 17.0. The number of hydrogen-bond acceptors (Lipinski definition) is 6. The lowest BCUT2D eigenvalue weighted by molar-refractivity contribution is -0.0206. The normalized spacial score (nSPS) is 31.5. The molecule has 0 N–H and O–H groups in total. The maximum absolute atomic E-state index is 2.66. The second kappa shape index (κ2) is 18.8. The van der Waals surface area contributed by atoms with E-state index in [2.05, 4.69) is 140 Å². The van der Waals surface area contributed by atoms with Crippen LogP contribution in [0.5, 0.6) is 0 Å². The first-order chi connectivity index (χ1) is 26.1. The summed E-state index contributed by atoms with van der Waals surface area (Å²) in [6.45, 7) is 53.5. The minimum absolute atomic E-state index is 0.675. The molecule has 8 fully saturated rings. The van der Waals surface area contributed by atoms with Crippen LogP contribution in [0.4, 0.5) is 0 Å². The molecule has 6 nitrogen and oxygen atoms in total. The van der Waals surface area contributed by atoms with Gasteiger partial charge in [0.1, 0.15) is 0 Å². The number of rotatable bonds is 8. The zero-order chi connectivity index (χ0) is 41.4. The third-order valence-corrected chi connectivity index (χ3v) is 17.0. The van der Waals surface area contributed by atoms with Crippen LogP contribution in [-0.2, 0) is 0 Å². The molecule has 2 aliphatic carbocycles. The van der Waals surface area contributed by atoms with Gasteiger partial charge in [0, 0.05) is 106 Å². The fraction of sp³-hybridized carbons (Fsp3) is 1.00. The summed E-state index contributed by atoms with van der Waals surface area (Å²) < 4.78 is 0. The average molecular weight is 783 g/mol. The van der Waals surface area contributed by atoms with Gasteiger partial charge in [-0.05, 0) is 189 Å². The van der Waals surface area contributed by atoms with Gasteiger partial charge in [-0.15, -0.1) is 0 Å². The summed E-state index contributed by atoms with van der Waals surface area (Å²) in [5.41, 5.74) is 2.85. The molecule has 0 amide bonds. The molecule has 6 aliphatic heterocycles. The van der Waals surface area contributed by atoms with Crippen LogP contribution in [-0.4, -0.2) is 144 Å². The second-order valence-corrected chi connectivity index (χ2v) is 24.1. The van der Waals surface area contributed by atoms with Crippen molar-refractivity contribution in [3.05, 3.63) is 0 Å². The van der Waals surface area contributed by atoms with Crippen molar-refractivity contribution < 1.29 is 0 Å². The fourth-order valence-electron chi connectivity index (χ4n) is 12.3. The molecule has 1 unspecified atom stereocenters. The molecule has 6 saturated heterocycles. The van der Waals surface area contributed by atoms with E-state index in [0.717, 1.165) is 70.8 Å². The number of nitrogens with zero attached hydrogens (tertiary/aromatic N) is 6. The molecule has 0 bridgehead atoms. The van der Waals surface area contributed by atoms with Gasteiger partial charge in [-0.1, -0.05) is 27.7 Å². The molecular weight excluding hydrogens is 685 g/mol. The van der Waals surface area contributed by atoms with Crippen LogP contribution in [0, 0.1) is 45.3 Å². The Labute approximate surface area is 350 Å². The fourth-order valence-corrected chi connectivity index (χ4v) is 12.3. The summed E-state index contributed by atoms with van der Waals surface area (Å²) in [4.78, 5) is 15.8. The first-order valence-corrected chi connectivity index (χ1v) is 24.5. The molecule has 6 heterocycles. The Morgan fingerprint density at radius 2 is 0.571 bits per heavy atom. The van der Waals surface area contributed by atoms with Crippen LogP contribution in [0.15, 0.2) is 0 Å². The lowest BCUT2D eigenvalue weighted by atomic mass is 9.58. The van der Waals surface area contributed by atoms with Crippen molar-refractivity contribution in [1.29, 1.82) is 0 Å². The molecule has 8 rings (SSSR count). The van der Waals surface area contributed by atoms with Crippen molar-refractivity contribution in [1.82, 2.24) is 29.4 Å². The Hall–Kier alpha value is -0.240. The summed E-state index contributed by atoms with van der Waals surface area (Å²) in [5, 5.41) is 0. The Morgan fingerprint density at radius 1 is 0.304 bits per heavy atom. The summed E-state index contributed by atoms with van der Waals surface area (Å²) in [7, 11) is 0. The van der Waals surface area contributed by atoms with E-state index in [0.29, 0.717) is 10.8 Å². The van der Waals surface area contributed by atoms with Gasteiger partial charge in [0.25, 0.3) is 0 Å². The maximum atomic E-state index is 2.66. The molecular formula is C50H98N6. The first kappa shape index (κ1) is 46.8. The number of hydrogen-bond donors (Lipinski definition) is 0. The lowest BCUT2D eigenvalue weighted by Gasteiger charge is -2.51. The van der Waals surface area contributed by atoms with Gasteiger partial charge < -0.3 is 14.7 Å². The monoisotopic (exact) mass is 783 g/mol. The van der Waals surface area contributed by atoms with E-state index in [1.54, 1.807) is 0 Å². The molecule has 2 saturated carbocycles. The summed E-state index contributed by atoms with van der Waals surface area (Å²) >= 11 is 0. The van der Waals surface area contributed by atoms with Gasteiger partial charge in [-0.25, -0.2) is 0 Å². The SMILES string of the molecule is CC(C)C1CC2(CCN(C(C)C)C2)C1.CC(C)C1CCC2(C1)CN(C(C)C)C2.CC(C)N1CCC2(C1)CN(C(C)C)C2.CC(C)N1CCC2(C1)CN(C(C)C)C2. The van der Waals surface area contributed by atoms with Crippen LogP contribution in [0.2, 0.25) is 0 Å². The Bertz CT molecular complexity index is 996. The molecule has 328 valence electrons. The average Bonchev–Trinajstić information content (AvgIpc) is 3.86. The molecule has 0 aromatic carbocycles. The van der Waals surface area contributed by atoms with Crippen molar-refractivity contribution in [2.45, 2.75) is 198 Å². The smallest absolute Gasteiger partial charge is 0.00972 e. The van der Waals surface area contributed by atoms with Crippen LogP contribution >= 0.6 is 0 Å². The standard InChI is InChI=1S/2C13H25N.2C12H24N2/c1-10(2)12-7-13(8-12)5-6-14(9-13)11(3)4;1-10(2)12-5-6-13(7-12)8-14(9-13)11(3)4;2*1-10(2)13-6-5-12(7-13)8-14(9-12)11(3)4/h2*10-12H,5-9H2,1-4H3;2*10-11H,5-9H2,1-4H3. The highest BCUT2D eigenvalue weighted by Crippen LogP contribution is 2.54. The minimum atomic E-state index is 0.675. The molecule has 0 aromatic rings. The highest BCUT2D eigenvalue weighted by Gasteiger charge is 2.51. The highest BCUT2D eigenvalue weighted by molar-refractivity contribution is 5.05. The van der Waals surface area contributed by atoms with Crippen molar-refractivity contribution in [3.63, 3.8) is 0 Å². The van der Waals surface area contributed by atoms with E-state index in [4.69, 9.17) is 0 Å². The van der Waals surface area contributed by atoms with E-state index in [9.17, 15) is 0 Å². The molecule has 6 heteroatoms. The molecule has 4 spiro atoms. The number of likely N-dealkylation sites (tertiary alicyclic amines) is 6. The van der Waals surface area contributed by atoms with E-state index in [1.165, 1.54) is 130 Å². The predicted molar refractivity (Wildman–Crippen MR) is 244 cm³/mol. The second-order valence-electron chi connectivity index (χ2n) is 24.1. The topological polar surface area (TPSA) is 19.4 Å². The molecule has 0 aromatic heterocycles. The largest absolute Gasteiger partial charge is 0.300 e. The van der Waals surface area contributed by atoms with E-state index >= 15 is 0 Å². The van der Waals surface area contributed by atoms with Gasteiger partial charge in [0.2, 0.25) is 0 Å². The van der Waals surface area contributed by atoms with Gasteiger partial charge >= 0.3 is 0 Å². The van der Waals surface area contributed by atoms with Gasteiger partial charge in [0.05, 0.1) is 0 Å². The van der Waals surface area contributed by atoms with Gasteiger partial charge in [-0.3, -0.25) is 14.7 Å². The van der Waals surface area contributed by atoms with Crippen LogP contribution in [0.1, 0.15) is 162 Å². The van der Waals surface area contributed by atoms with Crippen molar-refractivity contribution in [2.75, 3.05) is 78.5 Å². The van der Waals surface area contributed by atoms with E-state index in [1.807, 2.05) is 0 Å². The van der Waals surface area contributed by atoms with Crippen molar-refractivity contribution in [2.24, 2.45) is 45.3 Å². The van der Waals surface area contributed by atoms with Crippen molar-refractivity contribution in [3.8, 4) is 0 Å². The molecule has 8 aliphatic rings. The van der Waals surface area contributed by atoms with E-state index < -0.39 is 0 Å². The van der Waals surface area contributed by atoms with Crippen molar-refractivity contribution >= 4 is 0 Å². The quantitative estimate of drug-likeness (QED) is 0.243. The lowest BCUT2D eigenvalue weighted by Crippen LogP contribution is -2.59. The van der Waals surface area contributed by atoms with Gasteiger partial charge in [0.15, 0.2) is 0 Å². The highest BCUT2D eigenvalue weighted by atomic mass is 15.3. The Kier molecular flexibility index (Phi) is 15.7. The first-order valence-electron chi connectivity index (χ1n) is 24.5. The zero-order valence-electron chi connectivity index (χ0n) is 40.6. The van der Waals surface area contributed by atoms with Crippen LogP contribution in [0.3, 0.4) is 0 Å². The minimum Gasteiger partial charge on any atom is -0.300 e. The van der Waals surface area contributed by atoms with E-state index in [-0.39, 0.29) is 0 Å². The third kappa shape index (κ3) is 11.2. The molecule has 1 atom stereocenters. The maximum Gasteiger partial charge on any atom is 0.00972 e. The molecule has 0 radical (unpaired) electrons. The Morgan fingerprint density at radius 3 is 0.857 bits per heavy atom. The summed E-state index contributed by atoms with van der Waals surface area (Å²) in [5.74, 6) is 3.86. The predicted octanol–water partition coefficient (Wildman–Crippen LogP) is 9.93. The van der Waals surface area contributed by atoms with Gasteiger partial charge in [-0.2, -0.15) is 0 Å². The molecule has 56 heavy (non-hydrogen) atoms. The summed E-state index contributed by atoms with van der Waals surface area (Å²) in [6.07, 6.45) is 11.8.